The van der Waals surface area contributed by atoms with Gasteiger partial charge in [-0.15, -0.1) is 11.8 Å². The quantitative estimate of drug-likeness (QED) is 0.570. The van der Waals surface area contributed by atoms with E-state index in [2.05, 4.69) is 5.32 Å². The Bertz CT molecular complexity index is 985. The van der Waals surface area contributed by atoms with Gasteiger partial charge in [0.25, 0.3) is 5.91 Å². The number of ether oxygens (including phenoxy) is 1. The molecule has 1 unspecified atom stereocenters. The molecule has 1 fully saturated rings. The molecule has 2 aliphatic heterocycles. The van der Waals surface area contributed by atoms with Gasteiger partial charge >= 0.3 is 0 Å². The number of hydrogen-bond acceptors (Lipinski definition) is 4. The van der Waals surface area contributed by atoms with Gasteiger partial charge in [-0.1, -0.05) is 12.1 Å². The fourth-order valence-corrected chi connectivity index (χ4v) is 4.35. The van der Waals surface area contributed by atoms with Crippen molar-refractivity contribution >= 4 is 35.3 Å². The number of thioether (sulfide) groups is 1. The minimum absolute atomic E-state index is 0.00729. The van der Waals surface area contributed by atoms with Crippen LogP contribution in [0.1, 0.15) is 40.7 Å². The van der Waals surface area contributed by atoms with Crippen molar-refractivity contribution in [3.05, 3.63) is 59.2 Å². The summed E-state index contributed by atoms with van der Waals surface area (Å²) in [7, 11) is 0. The second-order valence-electron chi connectivity index (χ2n) is 7.72. The molecule has 1 atom stereocenters. The average molecular weight is 423 g/mol. The molecule has 2 aliphatic rings. The van der Waals surface area contributed by atoms with Crippen LogP contribution in [0.25, 0.3) is 6.08 Å². The number of hydrogen-bond donors (Lipinski definition) is 1. The molecule has 156 valence electrons. The summed E-state index contributed by atoms with van der Waals surface area (Å²) in [5, 5.41) is 2.91. The van der Waals surface area contributed by atoms with Crippen LogP contribution in [0.5, 0.6) is 5.75 Å². The zero-order chi connectivity index (χ0) is 21.1. The third-order valence-electron chi connectivity index (χ3n) is 5.68. The summed E-state index contributed by atoms with van der Waals surface area (Å²) in [6.45, 7) is 3.20. The maximum Gasteiger partial charge on any atom is 0.258 e. The number of nitrogens with zero attached hydrogens (tertiary/aromatic N) is 1. The van der Waals surface area contributed by atoms with Crippen LogP contribution in [-0.2, 0) is 4.79 Å². The number of carbonyl (C=O) groups excluding carboxylic acids is 2. The first-order chi connectivity index (χ1) is 14.5. The van der Waals surface area contributed by atoms with Crippen molar-refractivity contribution in [1.29, 1.82) is 0 Å². The molecular weight excluding hydrogens is 396 g/mol. The second kappa shape index (κ2) is 8.96. The highest BCUT2D eigenvalue weighted by atomic mass is 32.2. The van der Waals surface area contributed by atoms with Crippen LogP contribution in [0, 0.1) is 6.92 Å². The molecule has 2 aromatic carbocycles. The summed E-state index contributed by atoms with van der Waals surface area (Å²) in [5.41, 5.74) is 2.99. The number of carbonyl (C=O) groups is 2. The smallest absolute Gasteiger partial charge is 0.258 e. The summed E-state index contributed by atoms with van der Waals surface area (Å²) in [5.74, 6) is 0.367. The largest absolute Gasteiger partial charge is 0.491 e. The van der Waals surface area contributed by atoms with Gasteiger partial charge in [-0.05, 0) is 73.9 Å². The lowest BCUT2D eigenvalue weighted by atomic mass is 10.0. The van der Waals surface area contributed by atoms with Gasteiger partial charge < -0.3 is 15.0 Å². The Morgan fingerprint density at radius 1 is 1.23 bits per heavy atom. The van der Waals surface area contributed by atoms with E-state index in [1.807, 2.05) is 48.4 Å². The van der Waals surface area contributed by atoms with Crippen molar-refractivity contribution in [3.63, 3.8) is 0 Å². The van der Waals surface area contributed by atoms with Gasteiger partial charge in [-0.3, -0.25) is 9.59 Å². The van der Waals surface area contributed by atoms with Gasteiger partial charge in [-0.25, -0.2) is 0 Å². The molecule has 0 aliphatic carbocycles. The Balaban J connectivity index is 1.51. The molecule has 1 saturated heterocycles. The Morgan fingerprint density at radius 3 is 2.80 bits per heavy atom. The summed E-state index contributed by atoms with van der Waals surface area (Å²) >= 11 is 1.68. The number of anilines is 1. The van der Waals surface area contributed by atoms with Gasteiger partial charge in [0.1, 0.15) is 12.4 Å². The molecule has 1 N–H and O–H groups in total. The highest BCUT2D eigenvalue weighted by molar-refractivity contribution is 7.98. The molecule has 0 aromatic heterocycles. The first-order valence-corrected chi connectivity index (χ1v) is 11.5. The van der Waals surface area contributed by atoms with Gasteiger partial charge in [0.05, 0.1) is 11.6 Å². The summed E-state index contributed by atoms with van der Waals surface area (Å²) in [6.07, 6.45) is 8.45. The highest BCUT2D eigenvalue weighted by Crippen LogP contribution is 2.33. The Hall–Kier alpha value is -2.73. The lowest BCUT2D eigenvalue weighted by molar-refractivity contribution is -0.111. The molecule has 6 heteroatoms. The Labute approximate surface area is 181 Å². The number of rotatable bonds is 4. The first kappa shape index (κ1) is 20.5. The zero-order valence-electron chi connectivity index (χ0n) is 17.3. The maximum absolute atomic E-state index is 13.1. The Morgan fingerprint density at radius 2 is 2.03 bits per heavy atom. The minimum atomic E-state index is -0.232. The van der Waals surface area contributed by atoms with E-state index in [0.29, 0.717) is 23.6 Å². The number of piperidine rings is 1. The van der Waals surface area contributed by atoms with Crippen molar-refractivity contribution in [2.24, 2.45) is 0 Å². The molecule has 0 saturated carbocycles. The molecule has 2 heterocycles. The summed E-state index contributed by atoms with van der Waals surface area (Å²) in [4.78, 5) is 28.7. The van der Waals surface area contributed by atoms with Crippen LogP contribution < -0.4 is 10.1 Å². The van der Waals surface area contributed by atoms with E-state index in [-0.39, 0.29) is 17.9 Å². The van der Waals surface area contributed by atoms with Gasteiger partial charge in [-0.2, -0.15) is 0 Å². The SMILES string of the molecule is CSc1ccc(/C=C/C(=O)Nc2cc3c(cc2C)OCC2CCCCN2C3=O)cc1. The standard InChI is InChI=1S/C24H26N2O3S/c1-16-13-22-20(24(28)26-12-4-3-5-18(26)15-29-22)14-21(16)25-23(27)11-8-17-6-9-19(30-2)10-7-17/h6-11,13-14,18H,3-5,12,15H2,1-2H3,(H,25,27)/b11-8+. The fourth-order valence-electron chi connectivity index (χ4n) is 3.95. The van der Waals surface area contributed by atoms with Gasteiger partial charge in [0.2, 0.25) is 5.91 Å². The maximum atomic E-state index is 13.1. The molecule has 2 amide bonds. The van der Waals surface area contributed by atoms with Crippen LogP contribution in [-0.4, -0.2) is 42.2 Å². The predicted octanol–water partition coefficient (Wildman–Crippen LogP) is 4.76. The van der Waals surface area contributed by atoms with Crippen LogP contribution >= 0.6 is 11.8 Å². The molecule has 0 bridgehead atoms. The molecule has 0 spiro atoms. The van der Waals surface area contributed by atoms with Crippen LogP contribution in [0.2, 0.25) is 0 Å². The average Bonchev–Trinajstić information content (AvgIpc) is 2.90. The van der Waals surface area contributed by atoms with E-state index in [1.54, 1.807) is 23.9 Å². The van der Waals surface area contributed by atoms with Gasteiger partial charge in [0, 0.05) is 23.2 Å². The number of aryl methyl sites for hydroxylation is 1. The van der Waals surface area contributed by atoms with E-state index in [9.17, 15) is 9.59 Å². The minimum Gasteiger partial charge on any atom is -0.491 e. The predicted molar refractivity (Wildman–Crippen MR) is 121 cm³/mol. The normalized spacial score (nSPS) is 18.4. The lowest BCUT2D eigenvalue weighted by Crippen LogP contribution is -2.45. The van der Waals surface area contributed by atoms with E-state index in [4.69, 9.17) is 4.74 Å². The summed E-state index contributed by atoms with van der Waals surface area (Å²) < 4.78 is 5.96. The number of fused-ring (bicyclic) bond motifs is 2. The highest BCUT2D eigenvalue weighted by Gasteiger charge is 2.33. The van der Waals surface area contributed by atoms with Crippen molar-refractivity contribution in [1.82, 2.24) is 4.90 Å². The van der Waals surface area contributed by atoms with Crippen molar-refractivity contribution in [2.45, 2.75) is 37.1 Å². The topological polar surface area (TPSA) is 58.6 Å². The molecule has 30 heavy (non-hydrogen) atoms. The van der Waals surface area contributed by atoms with Crippen LogP contribution in [0.4, 0.5) is 5.69 Å². The third-order valence-corrected chi connectivity index (χ3v) is 6.42. The Kier molecular flexibility index (Phi) is 6.13. The van der Waals surface area contributed by atoms with Crippen LogP contribution in [0.3, 0.4) is 0 Å². The number of amides is 2. The van der Waals surface area contributed by atoms with E-state index in [1.165, 1.54) is 11.0 Å². The monoisotopic (exact) mass is 422 g/mol. The molecular formula is C24H26N2O3S. The molecule has 0 radical (unpaired) electrons. The van der Waals surface area contributed by atoms with Crippen molar-refractivity contribution in [2.75, 3.05) is 24.7 Å². The number of benzene rings is 2. The molecule has 5 nitrogen and oxygen atoms in total. The summed E-state index contributed by atoms with van der Waals surface area (Å²) in [6, 6.07) is 11.8. The van der Waals surface area contributed by atoms with E-state index in [0.717, 1.165) is 36.9 Å². The van der Waals surface area contributed by atoms with Crippen molar-refractivity contribution in [3.8, 4) is 5.75 Å². The third kappa shape index (κ3) is 4.38. The van der Waals surface area contributed by atoms with Crippen LogP contribution in [0.15, 0.2) is 47.4 Å². The molecule has 2 aromatic rings. The zero-order valence-corrected chi connectivity index (χ0v) is 18.1. The number of nitrogens with one attached hydrogen (secondary N) is 1. The van der Waals surface area contributed by atoms with Gasteiger partial charge in [0.15, 0.2) is 0 Å². The van der Waals surface area contributed by atoms with E-state index >= 15 is 0 Å². The molecule has 4 rings (SSSR count). The second-order valence-corrected chi connectivity index (χ2v) is 8.60. The van der Waals surface area contributed by atoms with Crippen molar-refractivity contribution < 1.29 is 14.3 Å². The first-order valence-electron chi connectivity index (χ1n) is 10.3. The fraction of sp³-hybridized carbons (Fsp3) is 0.333. The van der Waals surface area contributed by atoms with E-state index < -0.39 is 0 Å². The lowest BCUT2D eigenvalue weighted by Gasteiger charge is -2.33.